The zero-order chi connectivity index (χ0) is 42.2. The van der Waals surface area contributed by atoms with Crippen LogP contribution in [0, 0.1) is 0 Å². The second-order valence-electron chi connectivity index (χ2n) is 16.8. The van der Waals surface area contributed by atoms with E-state index in [1.807, 2.05) is 12.1 Å². The van der Waals surface area contributed by atoms with Crippen LogP contribution in [0.4, 0.5) is 17.1 Å². The number of rotatable bonds is 7. The summed E-state index contributed by atoms with van der Waals surface area (Å²) in [6.07, 6.45) is 0. The smallest absolute Gasteiger partial charge is 0.136 e. The van der Waals surface area contributed by atoms with Crippen LogP contribution in [0.2, 0.25) is 0 Å². The van der Waals surface area contributed by atoms with Gasteiger partial charge in [-0.3, -0.25) is 0 Å². The Morgan fingerprint density at radius 1 is 0.281 bits per heavy atom. The van der Waals surface area contributed by atoms with Gasteiger partial charge in [0.2, 0.25) is 0 Å². The molecule has 2 heterocycles. The van der Waals surface area contributed by atoms with E-state index in [4.69, 9.17) is 8.83 Å². The van der Waals surface area contributed by atoms with E-state index in [9.17, 15) is 0 Å². The molecule has 0 fully saturated rings. The van der Waals surface area contributed by atoms with E-state index in [0.29, 0.717) is 0 Å². The summed E-state index contributed by atoms with van der Waals surface area (Å²) >= 11 is 0. The van der Waals surface area contributed by atoms with Crippen molar-refractivity contribution >= 4 is 60.9 Å². The van der Waals surface area contributed by atoms with Gasteiger partial charge in [-0.2, -0.15) is 0 Å². The molecular formula is C61H39NO2. The van der Waals surface area contributed by atoms with Gasteiger partial charge in [-0.05, 0) is 128 Å². The normalized spacial score (nSPS) is 12.8. The van der Waals surface area contributed by atoms with Crippen LogP contribution in [0.5, 0.6) is 0 Å². The largest absolute Gasteiger partial charge is 0.456 e. The van der Waals surface area contributed by atoms with Gasteiger partial charge in [0.25, 0.3) is 0 Å². The Labute approximate surface area is 370 Å². The van der Waals surface area contributed by atoms with Crippen LogP contribution in [0.25, 0.3) is 77.3 Å². The van der Waals surface area contributed by atoms with Gasteiger partial charge >= 0.3 is 0 Å². The van der Waals surface area contributed by atoms with Crippen LogP contribution in [0.1, 0.15) is 22.3 Å². The Morgan fingerprint density at radius 2 is 0.781 bits per heavy atom. The molecule has 0 saturated carbocycles. The third kappa shape index (κ3) is 5.54. The van der Waals surface area contributed by atoms with Crippen LogP contribution >= 0.6 is 0 Å². The number of para-hydroxylation sites is 1. The number of nitrogens with zero attached hydrogens (tertiary/aromatic N) is 1. The van der Waals surface area contributed by atoms with Crippen LogP contribution in [0.15, 0.2) is 245 Å². The Morgan fingerprint density at radius 3 is 1.50 bits per heavy atom. The molecule has 0 bridgehead atoms. The third-order valence-corrected chi connectivity index (χ3v) is 13.4. The Balaban J connectivity index is 0.907. The van der Waals surface area contributed by atoms with Crippen molar-refractivity contribution in [2.24, 2.45) is 0 Å². The highest BCUT2D eigenvalue weighted by Gasteiger charge is 2.46. The van der Waals surface area contributed by atoms with Gasteiger partial charge in [-0.15, -0.1) is 0 Å². The fraction of sp³-hybridized carbons (Fsp3) is 0.0164. The minimum Gasteiger partial charge on any atom is -0.456 e. The first-order valence-corrected chi connectivity index (χ1v) is 21.9. The summed E-state index contributed by atoms with van der Waals surface area (Å²) < 4.78 is 13.1. The molecule has 0 saturated heterocycles. The van der Waals surface area contributed by atoms with E-state index in [1.54, 1.807) is 0 Å². The molecule has 64 heavy (non-hydrogen) atoms. The summed E-state index contributed by atoms with van der Waals surface area (Å²) in [4.78, 5) is 2.32. The van der Waals surface area contributed by atoms with Gasteiger partial charge < -0.3 is 13.7 Å². The molecule has 10 aromatic carbocycles. The lowest BCUT2D eigenvalue weighted by Gasteiger charge is -2.33. The van der Waals surface area contributed by atoms with Crippen molar-refractivity contribution < 1.29 is 8.83 Å². The van der Waals surface area contributed by atoms with Crippen LogP contribution in [0.3, 0.4) is 0 Å². The quantitative estimate of drug-likeness (QED) is 0.160. The van der Waals surface area contributed by atoms with Crippen molar-refractivity contribution in [3.63, 3.8) is 0 Å². The van der Waals surface area contributed by atoms with E-state index in [1.165, 1.54) is 44.5 Å². The summed E-state index contributed by atoms with van der Waals surface area (Å²) in [5.41, 5.74) is 18.4. The summed E-state index contributed by atoms with van der Waals surface area (Å²) in [6.45, 7) is 0. The van der Waals surface area contributed by atoms with Crippen molar-refractivity contribution in [1.29, 1.82) is 0 Å². The van der Waals surface area contributed by atoms with E-state index < -0.39 is 5.41 Å². The van der Waals surface area contributed by atoms with Crippen molar-refractivity contribution in [2.45, 2.75) is 5.41 Å². The summed E-state index contributed by atoms with van der Waals surface area (Å²) in [6, 6.07) is 85.0. The fourth-order valence-corrected chi connectivity index (χ4v) is 10.4. The molecule has 0 radical (unpaired) electrons. The molecule has 0 unspecified atom stereocenters. The lowest BCUT2D eigenvalue weighted by atomic mass is 9.67. The second kappa shape index (κ2) is 14.3. The van der Waals surface area contributed by atoms with E-state index >= 15 is 0 Å². The number of benzene rings is 10. The van der Waals surface area contributed by atoms with Crippen LogP contribution < -0.4 is 4.90 Å². The van der Waals surface area contributed by atoms with Gasteiger partial charge in [0.05, 0.1) is 5.41 Å². The number of hydrogen-bond donors (Lipinski definition) is 0. The molecule has 12 aromatic rings. The molecular weight excluding hydrogens is 779 g/mol. The fourth-order valence-electron chi connectivity index (χ4n) is 10.4. The topological polar surface area (TPSA) is 29.5 Å². The first-order valence-electron chi connectivity index (χ1n) is 21.9. The van der Waals surface area contributed by atoms with E-state index in [0.717, 1.165) is 72.1 Å². The molecule has 300 valence electrons. The monoisotopic (exact) mass is 817 g/mol. The molecule has 1 aliphatic rings. The average Bonchev–Trinajstić information content (AvgIpc) is 4.02. The number of anilines is 3. The average molecular weight is 818 g/mol. The molecule has 1 aliphatic carbocycles. The van der Waals surface area contributed by atoms with Crippen molar-refractivity contribution in [1.82, 2.24) is 0 Å². The highest BCUT2D eigenvalue weighted by Crippen LogP contribution is 2.57. The number of fused-ring (bicyclic) bond motifs is 9. The molecule has 2 aromatic heterocycles. The zero-order valence-corrected chi connectivity index (χ0v) is 34.8. The molecule has 0 amide bonds. The second-order valence-corrected chi connectivity index (χ2v) is 16.8. The van der Waals surface area contributed by atoms with Crippen molar-refractivity contribution in [3.05, 3.63) is 259 Å². The molecule has 3 nitrogen and oxygen atoms in total. The van der Waals surface area contributed by atoms with E-state index in [2.05, 4.69) is 229 Å². The molecule has 3 heteroatoms. The van der Waals surface area contributed by atoms with Gasteiger partial charge in [0.1, 0.15) is 22.3 Å². The molecule has 0 aliphatic heterocycles. The minimum atomic E-state index is -0.482. The SMILES string of the molecule is c1ccc(-c2ccc(N(c3ccc(-c4ccc5c(c4)oc4cc6c(cc45)-c4ccccc4C6(c4ccccc4)c4ccccc4)cc3)c3ccc4oc5ccccc5c4c3)cc2)cc1. The molecule has 13 rings (SSSR count). The number of hydrogen-bond acceptors (Lipinski definition) is 3. The summed E-state index contributed by atoms with van der Waals surface area (Å²) in [7, 11) is 0. The summed E-state index contributed by atoms with van der Waals surface area (Å²) in [5, 5.41) is 4.43. The Hall–Kier alpha value is -8.40. The minimum absolute atomic E-state index is 0.482. The standard InChI is InChI=1S/C61H39NO2/c1-4-14-40(15-5-1)41-24-29-46(30-25-41)62(48-33-35-58-53(37-48)50-21-11-13-23-57(50)63-58)47-31-26-42(27-32-47)43-28-34-51-54-38-52-49-20-10-12-22-55(49)61(44-16-6-2-7-17-44,45-18-8-3-9-19-45)56(52)39-60(54)64-59(51)36-43/h1-39H. The lowest BCUT2D eigenvalue weighted by Crippen LogP contribution is -2.28. The van der Waals surface area contributed by atoms with Gasteiger partial charge in [-0.25, -0.2) is 0 Å². The maximum Gasteiger partial charge on any atom is 0.136 e. The Bertz CT molecular complexity index is 3660. The zero-order valence-electron chi connectivity index (χ0n) is 34.8. The van der Waals surface area contributed by atoms with Gasteiger partial charge in [0.15, 0.2) is 0 Å². The van der Waals surface area contributed by atoms with Gasteiger partial charge in [0, 0.05) is 38.6 Å². The first kappa shape index (κ1) is 36.3. The van der Waals surface area contributed by atoms with Gasteiger partial charge in [-0.1, -0.05) is 164 Å². The highest BCUT2D eigenvalue weighted by molar-refractivity contribution is 6.09. The predicted molar refractivity (Wildman–Crippen MR) is 264 cm³/mol. The van der Waals surface area contributed by atoms with Crippen LogP contribution in [-0.2, 0) is 5.41 Å². The summed E-state index contributed by atoms with van der Waals surface area (Å²) in [5.74, 6) is 0. The third-order valence-electron chi connectivity index (χ3n) is 13.4. The maximum atomic E-state index is 6.87. The van der Waals surface area contributed by atoms with Crippen molar-refractivity contribution in [2.75, 3.05) is 4.90 Å². The van der Waals surface area contributed by atoms with E-state index in [-0.39, 0.29) is 0 Å². The Kier molecular flexibility index (Phi) is 8.13. The molecule has 0 atom stereocenters. The molecule has 0 spiro atoms. The van der Waals surface area contributed by atoms with Crippen molar-refractivity contribution in [3.8, 4) is 33.4 Å². The number of furan rings is 2. The van der Waals surface area contributed by atoms with Crippen LogP contribution in [-0.4, -0.2) is 0 Å². The predicted octanol–water partition coefficient (Wildman–Crippen LogP) is 16.7. The highest BCUT2D eigenvalue weighted by atomic mass is 16.3. The molecule has 0 N–H and O–H groups in total. The lowest BCUT2D eigenvalue weighted by molar-refractivity contribution is 0.666. The first-order chi connectivity index (χ1) is 31.7. The maximum absolute atomic E-state index is 6.87.